The van der Waals surface area contributed by atoms with E-state index in [4.69, 9.17) is 0 Å². The average Bonchev–Trinajstić information content (AvgIpc) is 2.58. The van der Waals surface area contributed by atoms with Gasteiger partial charge in [0.25, 0.3) is 0 Å². The zero-order chi connectivity index (χ0) is 17.4. The molecule has 0 aliphatic carbocycles. The second-order valence-corrected chi connectivity index (χ2v) is 9.31. The minimum atomic E-state index is -3.46. The Hall–Kier alpha value is -1.40. The second kappa shape index (κ2) is 6.48. The zero-order valence-corrected chi connectivity index (χ0v) is 15.3. The van der Waals surface area contributed by atoms with E-state index in [0.717, 1.165) is 19.3 Å². The summed E-state index contributed by atoms with van der Waals surface area (Å²) in [5.41, 5.74) is -0.0989. The van der Waals surface area contributed by atoms with Crippen molar-refractivity contribution >= 4 is 15.9 Å². The van der Waals surface area contributed by atoms with Gasteiger partial charge in [-0.05, 0) is 45.2 Å². The van der Waals surface area contributed by atoms with Gasteiger partial charge < -0.3 is 4.90 Å². The summed E-state index contributed by atoms with van der Waals surface area (Å²) in [6, 6.07) is 8.81. The number of amides is 1. The fraction of sp³-hybridized carbons (Fsp3) is 0.611. The molecule has 0 aromatic heterocycles. The highest BCUT2D eigenvalue weighted by molar-refractivity contribution is 7.89. The number of carbonyl (C=O) groups is 1. The number of rotatable bonds is 3. The van der Waals surface area contributed by atoms with E-state index in [1.807, 2.05) is 24.8 Å². The average molecular weight is 350 g/mol. The highest BCUT2D eigenvalue weighted by Crippen LogP contribution is 2.40. The van der Waals surface area contributed by atoms with Crippen LogP contribution in [0.5, 0.6) is 0 Å². The van der Waals surface area contributed by atoms with Crippen LogP contribution in [0.1, 0.15) is 39.5 Å². The molecule has 1 spiro atoms. The van der Waals surface area contributed by atoms with E-state index < -0.39 is 10.0 Å². The maximum Gasteiger partial charge on any atom is 0.243 e. The van der Waals surface area contributed by atoms with Crippen LogP contribution in [0.3, 0.4) is 0 Å². The number of likely N-dealkylation sites (tertiary alicyclic amines) is 1. The molecule has 0 bridgehead atoms. The minimum Gasteiger partial charge on any atom is -0.340 e. The van der Waals surface area contributed by atoms with Gasteiger partial charge in [0, 0.05) is 37.5 Å². The van der Waals surface area contributed by atoms with Gasteiger partial charge in [-0.1, -0.05) is 18.2 Å². The topological polar surface area (TPSA) is 57.7 Å². The van der Waals surface area contributed by atoms with Crippen LogP contribution >= 0.6 is 0 Å². The molecule has 132 valence electrons. The molecule has 0 radical (unpaired) electrons. The first-order valence-corrected chi connectivity index (χ1v) is 10.1. The molecule has 1 aromatic carbocycles. The predicted molar refractivity (Wildman–Crippen MR) is 93.0 cm³/mol. The summed E-state index contributed by atoms with van der Waals surface area (Å²) in [5, 5.41) is 0. The predicted octanol–water partition coefficient (Wildman–Crippen LogP) is 2.49. The van der Waals surface area contributed by atoms with Crippen molar-refractivity contribution in [1.29, 1.82) is 0 Å². The number of nitrogens with zero attached hydrogens (tertiary/aromatic N) is 2. The molecule has 0 saturated carbocycles. The summed E-state index contributed by atoms with van der Waals surface area (Å²) in [6.45, 7) is 5.80. The molecule has 2 fully saturated rings. The molecule has 24 heavy (non-hydrogen) atoms. The summed E-state index contributed by atoms with van der Waals surface area (Å²) in [5.74, 6) is 0.193. The lowest BCUT2D eigenvalue weighted by molar-refractivity contribution is -0.140. The highest BCUT2D eigenvalue weighted by atomic mass is 32.2. The Bertz CT molecular complexity index is 702. The maximum absolute atomic E-state index is 12.9. The molecule has 2 saturated heterocycles. The molecule has 1 atom stereocenters. The minimum absolute atomic E-state index is 0.0989. The number of carbonyl (C=O) groups excluding carboxylic acids is 1. The van der Waals surface area contributed by atoms with Gasteiger partial charge in [0.2, 0.25) is 15.9 Å². The van der Waals surface area contributed by atoms with E-state index in [2.05, 4.69) is 0 Å². The maximum atomic E-state index is 12.9. The van der Waals surface area contributed by atoms with Crippen molar-refractivity contribution in [2.75, 3.05) is 19.6 Å². The van der Waals surface area contributed by atoms with Gasteiger partial charge in [-0.25, -0.2) is 8.42 Å². The van der Waals surface area contributed by atoms with Crippen molar-refractivity contribution in [1.82, 2.24) is 9.21 Å². The third kappa shape index (κ3) is 3.22. The SMILES string of the molecule is CC(C)N1C[C@@]2(CCCN(S(=O)(=O)c3ccccc3)C2)CCC1=O. The molecular formula is C18H26N2O3S. The van der Waals surface area contributed by atoms with Crippen molar-refractivity contribution in [3.05, 3.63) is 30.3 Å². The first-order chi connectivity index (χ1) is 11.3. The summed E-state index contributed by atoms with van der Waals surface area (Å²) in [6.07, 6.45) is 3.16. The van der Waals surface area contributed by atoms with Crippen molar-refractivity contribution in [2.24, 2.45) is 5.41 Å². The Morgan fingerprint density at radius 2 is 1.79 bits per heavy atom. The van der Waals surface area contributed by atoms with E-state index in [9.17, 15) is 13.2 Å². The van der Waals surface area contributed by atoms with Gasteiger partial charge in [-0.2, -0.15) is 4.31 Å². The van der Waals surface area contributed by atoms with Gasteiger partial charge in [0.15, 0.2) is 0 Å². The smallest absolute Gasteiger partial charge is 0.243 e. The van der Waals surface area contributed by atoms with Crippen LogP contribution in [0.2, 0.25) is 0 Å². The molecule has 0 unspecified atom stereocenters. The largest absolute Gasteiger partial charge is 0.340 e. The molecule has 6 heteroatoms. The molecule has 2 heterocycles. The Morgan fingerprint density at radius 1 is 1.08 bits per heavy atom. The summed E-state index contributed by atoms with van der Waals surface area (Å²) in [4.78, 5) is 14.4. The van der Waals surface area contributed by atoms with E-state index in [-0.39, 0.29) is 17.4 Å². The molecule has 1 aromatic rings. The van der Waals surface area contributed by atoms with Gasteiger partial charge in [-0.3, -0.25) is 4.79 Å². The Labute approximate surface area is 144 Å². The van der Waals surface area contributed by atoms with Crippen LogP contribution in [-0.4, -0.2) is 49.2 Å². The second-order valence-electron chi connectivity index (χ2n) is 7.37. The Balaban J connectivity index is 1.83. The van der Waals surface area contributed by atoms with Crippen molar-refractivity contribution in [2.45, 2.75) is 50.5 Å². The number of sulfonamides is 1. The van der Waals surface area contributed by atoms with Crippen LogP contribution in [0.4, 0.5) is 0 Å². The molecule has 2 aliphatic rings. The van der Waals surface area contributed by atoms with Crippen LogP contribution < -0.4 is 0 Å². The number of hydrogen-bond acceptors (Lipinski definition) is 3. The highest BCUT2D eigenvalue weighted by Gasteiger charge is 2.44. The summed E-state index contributed by atoms with van der Waals surface area (Å²) < 4.78 is 27.5. The van der Waals surface area contributed by atoms with E-state index >= 15 is 0 Å². The first-order valence-electron chi connectivity index (χ1n) is 8.69. The van der Waals surface area contributed by atoms with Crippen LogP contribution in [-0.2, 0) is 14.8 Å². The molecule has 2 aliphatic heterocycles. The molecule has 5 nitrogen and oxygen atoms in total. The van der Waals surface area contributed by atoms with E-state index in [1.54, 1.807) is 28.6 Å². The number of piperidine rings is 2. The quantitative estimate of drug-likeness (QED) is 0.841. The lowest BCUT2D eigenvalue weighted by atomic mass is 9.74. The van der Waals surface area contributed by atoms with Gasteiger partial charge in [0.05, 0.1) is 4.90 Å². The fourth-order valence-corrected chi connectivity index (χ4v) is 5.57. The third-order valence-corrected chi connectivity index (χ3v) is 7.19. The first kappa shape index (κ1) is 17.4. The molecule has 0 N–H and O–H groups in total. The summed E-state index contributed by atoms with van der Waals surface area (Å²) >= 11 is 0. The van der Waals surface area contributed by atoms with Crippen molar-refractivity contribution in [3.8, 4) is 0 Å². The third-order valence-electron chi connectivity index (χ3n) is 5.33. The van der Waals surface area contributed by atoms with E-state index in [1.165, 1.54) is 0 Å². The van der Waals surface area contributed by atoms with Crippen molar-refractivity contribution < 1.29 is 13.2 Å². The number of benzene rings is 1. The van der Waals surface area contributed by atoms with Crippen molar-refractivity contribution in [3.63, 3.8) is 0 Å². The zero-order valence-electron chi connectivity index (χ0n) is 14.4. The number of hydrogen-bond donors (Lipinski definition) is 0. The molecular weight excluding hydrogens is 324 g/mol. The van der Waals surface area contributed by atoms with Gasteiger partial charge >= 0.3 is 0 Å². The Morgan fingerprint density at radius 3 is 2.46 bits per heavy atom. The standard InChI is InChI=1S/C18H26N2O3S/c1-15(2)20-14-18(11-9-17(20)21)10-6-12-19(13-18)24(22,23)16-7-4-3-5-8-16/h3-5,7-8,15H,6,9-14H2,1-2H3/t18-/m0/s1. The van der Waals surface area contributed by atoms with Gasteiger partial charge in [-0.15, -0.1) is 0 Å². The lowest BCUT2D eigenvalue weighted by Gasteiger charge is -2.48. The fourth-order valence-electron chi connectivity index (χ4n) is 3.96. The molecule has 1 amide bonds. The van der Waals surface area contributed by atoms with Crippen LogP contribution in [0.25, 0.3) is 0 Å². The Kier molecular flexibility index (Phi) is 4.71. The lowest BCUT2D eigenvalue weighted by Crippen LogP contribution is -2.56. The molecule has 3 rings (SSSR count). The monoisotopic (exact) mass is 350 g/mol. The van der Waals surface area contributed by atoms with Crippen LogP contribution in [0.15, 0.2) is 35.2 Å². The summed E-state index contributed by atoms with van der Waals surface area (Å²) in [7, 11) is -3.46. The van der Waals surface area contributed by atoms with Crippen LogP contribution in [0, 0.1) is 5.41 Å². The van der Waals surface area contributed by atoms with Gasteiger partial charge in [0.1, 0.15) is 0 Å². The van der Waals surface area contributed by atoms with E-state index in [0.29, 0.717) is 31.0 Å². The normalized spacial score (nSPS) is 26.3.